The number of aromatic nitrogens is 3. The third-order valence-electron chi connectivity index (χ3n) is 2.87. The Morgan fingerprint density at radius 2 is 1.84 bits per heavy atom. The number of hydrogen-bond acceptors (Lipinski definition) is 7. The van der Waals surface area contributed by atoms with Crippen LogP contribution in [0.3, 0.4) is 0 Å². The molecule has 8 heteroatoms. The summed E-state index contributed by atoms with van der Waals surface area (Å²) >= 11 is 0. The molecule has 0 fully saturated rings. The Labute approximate surface area is 115 Å². The average Bonchev–Trinajstić information content (AvgIpc) is 2.44. The van der Waals surface area contributed by atoms with Gasteiger partial charge < -0.3 is 10.6 Å². The molecule has 1 aromatic rings. The summed E-state index contributed by atoms with van der Waals surface area (Å²) in [5, 5.41) is 15.3. The second-order valence-electron chi connectivity index (χ2n) is 4.00. The summed E-state index contributed by atoms with van der Waals surface area (Å²) in [5.41, 5.74) is -0.723. The van der Waals surface area contributed by atoms with Gasteiger partial charge in [0.1, 0.15) is 5.54 Å². The molecule has 0 radical (unpaired) electrons. The van der Waals surface area contributed by atoms with E-state index in [-0.39, 0.29) is 11.1 Å². The normalized spacial score (nSPS) is 12.6. The number of nitrogens with one attached hydrogen (secondary N) is 2. The molecule has 1 rings (SSSR count). The molecule has 0 amide bonds. The van der Waals surface area contributed by atoms with E-state index in [0.29, 0.717) is 18.8 Å². The molecular weight excluding hydrogens is 264 g/mol. The minimum Gasteiger partial charge on any atom is -0.357 e. The number of hydrogen-bond donors (Lipinski definition) is 2. The van der Waals surface area contributed by atoms with Gasteiger partial charge >= 0.3 is 0 Å². The minimum atomic E-state index is -1.31. The zero-order chi connectivity index (χ0) is 14.5. The largest absolute Gasteiger partial charge is 0.357 e. The average molecular weight is 282 g/mol. The highest BCUT2D eigenvalue weighted by molar-refractivity contribution is 7.84. The summed E-state index contributed by atoms with van der Waals surface area (Å²) in [6.45, 7) is 3.83. The van der Waals surface area contributed by atoms with Crippen molar-refractivity contribution in [2.45, 2.75) is 37.4 Å². The van der Waals surface area contributed by atoms with Gasteiger partial charge in [0.25, 0.3) is 0 Å². The Hall–Kier alpha value is -1.75. The second-order valence-corrected chi connectivity index (χ2v) is 5.27. The van der Waals surface area contributed by atoms with Gasteiger partial charge in [0.15, 0.2) is 0 Å². The van der Waals surface area contributed by atoms with E-state index in [1.54, 1.807) is 7.05 Å². The number of anilines is 2. The van der Waals surface area contributed by atoms with Crippen LogP contribution in [0.15, 0.2) is 5.16 Å². The molecule has 0 aliphatic heterocycles. The van der Waals surface area contributed by atoms with Crippen molar-refractivity contribution in [3.05, 3.63) is 0 Å². The molecule has 104 valence electrons. The molecule has 0 bridgehead atoms. The van der Waals surface area contributed by atoms with Gasteiger partial charge in [-0.25, -0.2) is 0 Å². The Balaban J connectivity index is 3.17. The zero-order valence-electron chi connectivity index (χ0n) is 11.5. The lowest BCUT2D eigenvalue weighted by atomic mass is 9.95. The number of nitriles is 1. The van der Waals surface area contributed by atoms with Crippen LogP contribution in [0.25, 0.3) is 0 Å². The summed E-state index contributed by atoms with van der Waals surface area (Å²) in [4.78, 5) is 12.2. The molecular formula is C11H18N6OS. The van der Waals surface area contributed by atoms with Gasteiger partial charge in [0.2, 0.25) is 17.1 Å². The van der Waals surface area contributed by atoms with E-state index in [2.05, 4.69) is 31.7 Å². The maximum absolute atomic E-state index is 11.5. The lowest BCUT2D eigenvalue weighted by molar-refractivity contribution is 0.542. The standard InChI is InChI=1S/C11H18N6OS/c1-5-11(6-2,7-12)17-9-14-8(13-3)15-10(16-9)19(4)18/h5-6H2,1-4H3,(H2,13,14,15,16,17). The molecule has 0 saturated carbocycles. The van der Waals surface area contributed by atoms with E-state index in [1.165, 1.54) is 6.26 Å². The molecule has 1 unspecified atom stereocenters. The maximum Gasteiger partial charge on any atom is 0.229 e. The van der Waals surface area contributed by atoms with Crippen LogP contribution >= 0.6 is 0 Å². The van der Waals surface area contributed by atoms with Crippen molar-refractivity contribution in [3.8, 4) is 6.07 Å². The van der Waals surface area contributed by atoms with E-state index in [9.17, 15) is 9.47 Å². The molecule has 0 saturated heterocycles. The highest BCUT2D eigenvalue weighted by atomic mass is 32.2. The van der Waals surface area contributed by atoms with Gasteiger partial charge in [-0.05, 0) is 12.8 Å². The number of nitrogens with zero attached hydrogens (tertiary/aromatic N) is 4. The number of rotatable bonds is 6. The molecule has 1 heterocycles. The second kappa shape index (κ2) is 6.43. The van der Waals surface area contributed by atoms with Gasteiger partial charge in [0.05, 0.1) is 16.9 Å². The topological polar surface area (TPSA) is 104 Å². The van der Waals surface area contributed by atoms with Crippen LogP contribution in [-0.4, -0.2) is 38.0 Å². The van der Waals surface area contributed by atoms with Crippen LogP contribution in [0.4, 0.5) is 11.9 Å². The van der Waals surface area contributed by atoms with Crippen molar-refractivity contribution >= 4 is 22.7 Å². The van der Waals surface area contributed by atoms with Crippen LogP contribution in [0.2, 0.25) is 0 Å². The predicted octanol–water partition coefficient (Wildman–Crippen LogP) is 1.14. The fraction of sp³-hybridized carbons (Fsp3) is 0.636. The molecule has 1 aromatic heterocycles. The Morgan fingerprint density at radius 1 is 1.26 bits per heavy atom. The first-order valence-electron chi connectivity index (χ1n) is 5.97. The molecule has 0 spiro atoms. The van der Waals surface area contributed by atoms with Crippen LogP contribution in [-0.2, 0) is 10.8 Å². The van der Waals surface area contributed by atoms with E-state index in [4.69, 9.17) is 0 Å². The Bertz CT molecular complexity index is 508. The van der Waals surface area contributed by atoms with Crippen molar-refractivity contribution in [1.29, 1.82) is 5.26 Å². The van der Waals surface area contributed by atoms with Gasteiger partial charge in [-0.2, -0.15) is 20.2 Å². The fourth-order valence-electron chi connectivity index (χ4n) is 1.48. The summed E-state index contributed by atoms with van der Waals surface area (Å²) in [6, 6.07) is 2.24. The molecule has 1 atom stereocenters. The van der Waals surface area contributed by atoms with Crippen molar-refractivity contribution < 1.29 is 4.21 Å². The first kappa shape index (κ1) is 15.3. The van der Waals surface area contributed by atoms with Crippen LogP contribution in [0.1, 0.15) is 26.7 Å². The van der Waals surface area contributed by atoms with Crippen molar-refractivity contribution in [2.75, 3.05) is 23.9 Å². The lowest BCUT2D eigenvalue weighted by Crippen LogP contribution is -2.36. The Kier molecular flexibility index (Phi) is 5.18. The molecule has 0 aromatic carbocycles. The van der Waals surface area contributed by atoms with Gasteiger partial charge in [0, 0.05) is 13.3 Å². The molecule has 19 heavy (non-hydrogen) atoms. The minimum absolute atomic E-state index is 0.181. The van der Waals surface area contributed by atoms with Gasteiger partial charge in [-0.1, -0.05) is 13.8 Å². The van der Waals surface area contributed by atoms with E-state index >= 15 is 0 Å². The molecule has 7 nitrogen and oxygen atoms in total. The van der Waals surface area contributed by atoms with Gasteiger partial charge in [-0.3, -0.25) is 4.21 Å². The lowest BCUT2D eigenvalue weighted by Gasteiger charge is -2.24. The SMILES string of the molecule is CCC(C#N)(CC)Nc1nc(NC)nc(S(C)=O)n1. The summed E-state index contributed by atoms with van der Waals surface area (Å²) < 4.78 is 11.5. The van der Waals surface area contributed by atoms with Crippen molar-refractivity contribution in [1.82, 2.24) is 15.0 Å². The molecule has 0 aliphatic rings. The monoisotopic (exact) mass is 282 g/mol. The third kappa shape index (κ3) is 3.61. The molecule has 2 N–H and O–H groups in total. The highest BCUT2D eigenvalue weighted by Crippen LogP contribution is 2.20. The van der Waals surface area contributed by atoms with E-state index in [0.717, 1.165) is 0 Å². The summed E-state index contributed by atoms with van der Waals surface area (Å²) in [7, 11) is 0.355. The van der Waals surface area contributed by atoms with Gasteiger partial charge in [-0.15, -0.1) is 0 Å². The molecule has 0 aliphatic carbocycles. The van der Waals surface area contributed by atoms with Crippen LogP contribution in [0, 0.1) is 11.3 Å². The van der Waals surface area contributed by atoms with E-state index < -0.39 is 16.3 Å². The summed E-state index contributed by atoms with van der Waals surface area (Å²) in [5.74, 6) is 0.580. The highest BCUT2D eigenvalue weighted by Gasteiger charge is 2.27. The predicted molar refractivity (Wildman–Crippen MR) is 74.3 cm³/mol. The van der Waals surface area contributed by atoms with E-state index in [1.807, 2.05) is 13.8 Å². The fourth-order valence-corrected chi connectivity index (χ4v) is 1.91. The first-order valence-corrected chi connectivity index (χ1v) is 7.52. The quantitative estimate of drug-likeness (QED) is 0.806. The van der Waals surface area contributed by atoms with Crippen LogP contribution in [0.5, 0.6) is 0 Å². The maximum atomic E-state index is 11.5. The van der Waals surface area contributed by atoms with Crippen molar-refractivity contribution in [2.24, 2.45) is 0 Å². The smallest absolute Gasteiger partial charge is 0.229 e. The summed E-state index contributed by atoms with van der Waals surface area (Å²) in [6.07, 6.45) is 2.73. The zero-order valence-corrected chi connectivity index (χ0v) is 12.3. The first-order chi connectivity index (χ1) is 9.00. The Morgan fingerprint density at radius 3 is 2.26 bits per heavy atom. The van der Waals surface area contributed by atoms with Crippen LogP contribution < -0.4 is 10.6 Å². The van der Waals surface area contributed by atoms with Crippen molar-refractivity contribution in [3.63, 3.8) is 0 Å². The third-order valence-corrected chi connectivity index (χ3v) is 3.56.